The maximum atomic E-state index is 12.0. The first-order chi connectivity index (χ1) is 11.2. The van der Waals surface area contributed by atoms with E-state index in [1.807, 2.05) is 37.3 Å². The summed E-state index contributed by atoms with van der Waals surface area (Å²) in [5.74, 6) is 0. The number of aromatic amines is 2. The van der Waals surface area contributed by atoms with Crippen molar-refractivity contribution in [1.82, 2.24) is 20.2 Å². The maximum Gasteiger partial charge on any atom is 0.257 e. The predicted molar refractivity (Wildman–Crippen MR) is 90.1 cm³/mol. The van der Waals surface area contributed by atoms with Gasteiger partial charge in [-0.25, -0.2) is 4.98 Å². The molecule has 5 nitrogen and oxygen atoms in total. The third-order valence-corrected chi connectivity index (χ3v) is 3.92. The van der Waals surface area contributed by atoms with Gasteiger partial charge in [-0.2, -0.15) is 5.10 Å². The number of benzene rings is 1. The molecule has 0 spiro atoms. The summed E-state index contributed by atoms with van der Waals surface area (Å²) in [5, 5.41) is 8.01. The Morgan fingerprint density at radius 2 is 2.00 bits per heavy atom. The zero-order valence-electron chi connectivity index (χ0n) is 12.5. The Bertz CT molecular complexity index is 1050. The van der Waals surface area contributed by atoms with E-state index in [1.54, 1.807) is 24.5 Å². The molecule has 0 radical (unpaired) electrons. The average molecular weight is 302 g/mol. The Morgan fingerprint density at radius 3 is 2.78 bits per heavy atom. The highest BCUT2D eigenvalue weighted by atomic mass is 16.1. The fourth-order valence-electron chi connectivity index (χ4n) is 2.75. The van der Waals surface area contributed by atoms with Crippen LogP contribution in [0.4, 0.5) is 0 Å². The summed E-state index contributed by atoms with van der Waals surface area (Å²) >= 11 is 0. The summed E-state index contributed by atoms with van der Waals surface area (Å²) in [6.45, 7) is 2.03. The van der Waals surface area contributed by atoms with Crippen molar-refractivity contribution in [2.24, 2.45) is 0 Å². The van der Waals surface area contributed by atoms with Crippen molar-refractivity contribution in [3.63, 3.8) is 0 Å². The second-order valence-electron chi connectivity index (χ2n) is 5.44. The third-order valence-electron chi connectivity index (χ3n) is 3.92. The molecule has 0 bridgehead atoms. The zero-order valence-corrected chi connectivity index (χ0v) is 12.5. The van der Waals surface area contributed by atoms with E-state index in [2.05, 4.69) is 20.2 Å². The molecule has 0 amide bonds. The number of pyridine rings is 2. The zero-order chi connectivity index (χ0) is 15.8. The SMILES string of the molecule is Cc1cc(-c2ccc[nH]c2=O)nc2cc(-c3ccn[nH]3)ccc12. The highest BCUT2D eigenvalue weighted by Crippen LogP contribution is 2.26. The van der Waals surface area contributed by atoms with Crippen LogP contribution < -0.4 is 5.56 Å². The van der Waals surface area contributed by atoms with E-state index >= 15 is 0 Å². The van der Waals surface area contributed by atoms with Crippen LogP contribution in [0.25, 0.3) is 33.4 Å². The number of aromatic nitrogens is 4. The lowest BCUT2D eigenvalue weighted by atomic mass is 10.0. The van der Waals surface area contributed by atoms with Gasteiger partial charge in [0.2, 0.25) is 0 Å². The first kappa shape index (κ1) is 13.5. The van der Waals surface area contributed by atoms with E-state index < -0.39 is 0 Å². The lowest BCUT2D eigenvalue weighted by Gasteiger charge is -2.08. The lowest BCUT2D eigenvalue weighted by molar-refractivity contribution is 1.10. The van der Waals surface area contributed by atoms with Crippen LogP contribution in [0.1, 0.15) is 5.56 Å². The number of hydrogen-bond acceptors (Lipinski definition) is 3. The molecule has 0 atom stereocenters. The molecule has 112 valence electrons. The van der Waals surface area contributed by atoms with Crippen LogP contribution in [0.2, 0.25) is 0 Å². The van der Waals surface area contributed by atoms with Crippen molar-refractivity contribution < 1.29 is 0 Å². The van der Waals surface area contributed by atoms with Gasteiger partial charge >= 0.3 is 0 Å². The average Bonchev–Trinajstić information content (AvgIpc) is 3.09. The summed E-state index contributed by atoms with van der Waals surface area (Å²) in [7, 11) is 0. The predicted octanol–water partition coefficient (Wildman–Crippen LogP) is 3.29. The monoisotopic (exact) mass is 302 g/mol. The van der Waals surface area contributed by atoms with Crippen molar-refractivity contribution >= 4 is 10.9 Å². The van der Waals surface area contributed by atoms with Gasteiger partial charge in [0.15, 0.2) is 0 Å². The van der Waals surface area contributed by atoms with Crippen LogP contribution in [0.5, 0.6) is 0 Å². The summed E-state index contributed by atoms with van der Waals surface area (Å²) < 4.78 is 0. The fraction of sp³-hybridized carbons (Fsp3) is 0.0556. The van der Waals surface area contributed by atoms with Crippen molar-refractivity contribution in [2.45, 2.75) is 6.92 Å². The van der Waals surface area contributed by atoms with Gasteiger partial charge in [0.05, 0.1) is 22.5 Å². The number of nitrogens with zero attached hydrogens (tertiary/aromatic N) is 2. The van der Waals surface area contributed by atoms with Crippen LogP contribution in [-0.4, -0.2) is 20.2 Å². The minimum absolute atomic E-state index is 0.136. The van der Waals surface area contributed by atoms with E-state index in [1.165, 1.54) is 0 Å². The molecule has 0 saturated heterocycles. The molecule has 3 heterocycles. The van der Waals surface area contributed by atoms with E-state index in [9.17, 15) is 4.79 Å². The molecular formula is C18H14N4O. The largest absolute Gasteiger partial charge is 0.329 e. The van der Waals surface area contributed by atoms with E-state index in [0.29, 0.717) is 11.3 Å². The third kappa shape index (κ3) is 2.32. The molecule has 0 unspecified atom stereocenters. The van der Waals surface area contributed by atoms with Gasteiger partial charge in [-0.1, -0.05) is 12.1 Å². The number of nitrogens with one attached hydrogen (secondary N) is 2. The van der Waals surface area contributed by atoms with Crippen LogP contribution in [0.3, 0.4) is 0 Å². The molecule has 5 heteroatoms. The van der Waals surface area contributed by atoms with Crippen molar-refractivity contribution in [1.29, 1.82) is 0 Å². The number of H-pyrrole nitrogens is 2. The van der Waals surface area contributed by atoms with E-state index in [0.717, 1.165) is 27.7 Å². The van der Waals surface area contributed by atoms with Crippen LogP contribution in [0.15, 0.2) is 59.7 Å². The highest BCUT2D eigenvalue weighted by molar-refractivity contribution is 5.88. The van der Waals surface area contributed by atoms with Gasteiger partial charge < -0.3 is 4.98 Å². The topological polar surface area (TPSA) is 74.4 Å². The maximum absolute atomic E-state index is 12.0. The molecule has 4 rings (SSSR count). The van der Waals surface area contributed by atoms with Gasteiger partial charge in [0.1, 0.15) is 0 Å². The minimum Gasteiger partial charge on any atom is -0.329 e. The first-order valence-corrected chi connectivity index (χ1v) is 7.31. The number of rotatable bonds is 2. The van der Waals surface area contributed by atoms with Crippen molar-refractivity contribution in [2.75, 3.05) is 0 Å². The second-order valence-corrected chi connectivity index (χ2v) is 5.44. The molecule has 0 aliphatic carbocycles. The van der Waals surface area contributed by atoms with Gasteiger partial charge in [-0.15, -0.1) is 0 Å². The van der Waals surface area contributed by atoms with E-state index in [-0.39, 0.29) is 5.56 Å². The van der Waals surface area contributed by atoms with Gasteiger partial charge in [-0.05, 0) is 42.8 Å². The second kappa shape index (κ2) is 5.21. The quantitative estimate of drug-likeness (QED) is 0.596. The Hall–Kier alpha value is -3.21. The Kier molecular flexibility index (Phi) is 3.05. The van der Waals surface area contributed by atoms with Gasteiger partial charge in [0, 0.05) is 23.3 Å². The number of fused-ring (bicyclic) bond motifs is 1. The first-order valence-electron chi connectivity index (χ1n) is 7.31. The molecular weight excluding hydrogens is 288 g/mol. The molecule has 0 saturated carbocycles. The van der Waals surface area contributed by atoms with Crippen LogP contribution in [-0.2, 0) is 0 Å². The van der Waals surface area contributed by atoms with Crippen molar-refractivity contribution in [3.8, 4) is 22.5 Å². The fourth-order valence-corrected chi connectivity index (χ4v) is 2.75. The standard InChI is InChI=1S/C18H14N4O/c1-11-9-16(14-3-2-7-19-18(14)23)21-17-10-12(4-5-13(11)17)15-6-8-20-22-15/h2-10H,1H3,(H,19,23)(H,20,22). The lowest BCUT2D eigenvalue weighted by Crippen LogP contribution is -2.08. The molecule has 0 fully saturated rings. The smallest absolute Gasteiger partial charge is 0.257 e. The molecule has 4 aromatic rings. The molecule has 0 aliphatic rings. The molecule has 0 aliphatic heterocycles. The summed E-state index contributed by atoms with van der Waals surface area (Å²) in [4.78, 5) is 19.4. The van der Waals surface area contributed by atoms with Gasteiger partial charge in [0.25, 0.3) is 5.56 Å². The normalized spacial score (nSPS) is 11.0. The molecule has 3 aromatic heterocycles. The summed E-state index contributed by atoms with van der Waals surface area (Å²) in [6.07, 6.45) is 3.34. The number of aryl methyl sites for hydroxylation is 1. The summed E-state index contributed by atoms with van der Waals surface area (Å²) in [5.41, 5.74) is 5.02. The Labute approximate surface area is 132 Å². The van der Waals surface area contributed by atoms with Crippen molar-refractivity contribution in [3.05, 3.63) is 70.8 Å². The molecule has 2 N–H and O–H groups in total. The van der Waals surface area contributed by atoms with Crippen LogP contribution >= 0.6 is 0 Å². The minimum atomic E-state index is -0.136. The molecule has 1 aromatic carbocycles. The highest BCUT2D eigenvalue weighted by Gasteiger charge is 2.09. The van der Waals surface area contributed by atoms with Gasteiger partial charge in [-0.3, -0.25) is 9.89 Å². The van der Waals surface area contributed by atoms with Crippen LogP contribution in [0, 0.1) is 6.92 Å². The Balaban J connectivity index is 1.95. The van der Waals surface area contributed by atoms with E-state index in [4.69, 9.17) is 0 Å². The number of hydrogen-bond donors (Lipinski definition) is 2. The Morgan fingerprint density at radius 1 is 1.09 bits per heavy atom. The summed E-state index contributed by atoms with van der Waals surface area (Å²) in [6, 6.07) is 13.6. The molecule has 23 heavy (non-hydrogen) atoms.